The van der Waals surface area contributed by atoms with Gasteiger partial charge in [0.1, 0.15) is 0 Å². The maximum absolute atomic E-state index is 3.54. The minimum absolute atomic E-state index is 0.333. The Morgan fingerprint density at radius 2 is 1.08 bits per heavy atom. The van der Waals surface area contributed by atoms with Gasteiger partial charge in [0.25, 0.3) is 0 Å². The normalized spacial score (nSPS) is 11.3. The molecular formula is C22H32NP. The second-order valence-electron chi connectivity index (χ2n) is 7.00. The Kier molecular flexibility index (Phi) is 6.61. The SMILES string of the molecule is CCNCCP(c1c(C)cc(C)cc1C)c1c(C)cc(C)cc1C. The first kappa shape index (κ1) is 19.2. The van der Waals surface area contributed by atoms with Gasteiger partial charge in [-0.05, 0) is 102 Å². The third-order valence-electron chi connectivity index (χ3n) is 4.57. The van der Waals surface area contributed by atoms with Crippen LogP contribution in [-0.4, -0.2) is 19.3 Å². The lowest BCUT2D eigenvalue weighted by atomic mass is 10.1. The fourth-order valence-corrected chi connectivity index (χ4v) is 6.91. The second-order valence-corrected chi connectivity index (χ2v) is 9.20. The topological polar surface area (TPSA) is 12.0 Å². The smallest absolute Gasteiger partial charge is 0.000358 e. The summed E-state index contributed by atoms with van der Waals surface area (Å²) in [4.78, 5) is 0. The van der Waals surface area contributed by atoms with Gasteiger partial charge in [0.2, 0.25) is 0 Å². The van der Waals surface area contributed by atoms with Crippen LogP contribution in [0, 0.1) is 41.5 Å². The zero-order chi connectivity index (χ0) is 17.9. The fourth-order valence-electron chi connectivity index (χ4n) is 3.90. The van der Waals surface area contributed by atoms with Crippen molar-refractivity contribution in [2.75, 3.05) is 19.3 Å². The van der Waals surface area contributed by atoms with Gasteiger partial charge in [-0.25, -0.2) is 0 Å². The van der Waals surface area contributed by atoms with Crippen LogP contribution in [0.3, 0.4) is 0 Å². The van der Waals surface area contributed by atoms with Crippen LogP contribution >= 0.6 is 7.92 Å². The van der Waals surface area contributed by atoms with Gasteiger partial charge in [-0.3, -0.25) is 0 Å². The van der Waals surface area contributed by atoms with E-state index in [1.165, 1.54) is 39.5 Å². The molecule has 2 heteroatoms. The summed E-state index contributed by atoms with van der Waals surface area (Å²) in [5.74, 6) is 0. The van der Waals surface area contributed by atoms with E-state index in [9.17, 15) is 0 Å². The monoisotopic (exact) mass is 341 g/mol. The van der Waals surface area contributed by atoms with E-state index < -0.39 is 0 Å². The molecule has 0 heterocycles. The molecule has 0 atom stereocenters. The molecule has 2 rings (SSSR count). The lowest BCUT2D eigenvalue weighted by Gasteiger charge is -2.27. The standard InChI is InChI=1S/C22H32NP/c1-8-23-9-10-24(21-17(4)11-15(2)12-18(21)5)22-19(6)13-16(3)14-20(22)7/h11-14,23H,8-10H2,1-7H3. The molecule has 0 saturated heterocycles. The highest BCUT2D eigenvalue weighted by atomic mass is 31.1. The molecule has 2 aromatic carbocycles. The van der Waals surface area contributed by atoms with Gasteiger partial charge >= 0.3 is 0 Å². The van der Waals surface area contributed by atoms with E-state index in [2.05, 4.69) is 78.0 Å². The fraction of sp³-hybridized carbons (Fsp3) is 0.455. The summed E-state index contributed by atoms with van der Waals surface area (Å²) in [5, 5.41) is 6.71. The lowest BCUT2D eigenvalue weighted by Crippen LogP contribution is -2.27. The molecule has 24 heavy (non-hydrogen) atoms. The van der Waals surface area contributed by atoms with Crippen LogP contribution < -0.4 is 15.9 Å². The number of benzene rings is 2. The van der Waals surface area contributed by atoms with Crippen LogP contribution in [0.25, 0.3) is 0 Å². The van der Waals surface area contributed by atoms with Crippen LogP contribution in [0.5, 0.6) is 0 Å². The molecule has 0 saturated carbocycles. The Labute approximate surface area is 149 Å². The molecule has 0 aliphatic carbocycles. The number of hydrogen-bond acceptors (Lipinski definition) is 1. The first-order valence-electron chi connectivity index (χ1n) is 8.99. The minimum atomic E-state index is -0.333. The van der Waals surface area contributed by atoms with Crippen molar-refractivity contribution < 1.29 is 0 Å². The lowest BCUT2D eigenvalue weighted by molar-refractivity contribution is 0.767. The van der Waals surface area contributed by atoms with E-state index in [4.69, 9.17) is 0 Å². The van der Waals surface area contributed by atoms with Gasteiger partial charge in [0, 0.05) is 0 Å². The average molecular weight is 341 g/mol. The van der Waals surface area contributed by atoms with Crippen molar-refractivity contribution in [1.82, 2.24) is 5.32 Å². The summed E-state index contributed by atoms with van der Waals surface area (Å²) < 4.78 is 0. The highest BCUT2D eigenvalue weighted by Gasteiger charge is 2.21. The Hall–Kier alpha value is -1.17. The van der Waals surface area contributed by atoms with E-state index in [0.717, 1.165) is 13.1 Å². The Bertz CT molecular complexity index is 614. The third kappa shape index (κ3) is 4.26. The molecule has 1 N–H and O–H groups in total. The summed E-state index contributed by atoms with van der Waals surface area (Å²) >= 11 is 0. The van der Waals surface area contributed by atoms with E-state index in [-0.39, 0.29) is 7.92 Å². The van der Waals surface area contributed by atoms with Gasteiger partial charge < -0.3 is 5.32 Å². The Morgan fingerprint density at radius 1 is 0.708 bits per heavy atom. The molecule has 2 aromatic rings. The van der Waals surface area contributed by atoms with Crippen LogP contribution in [0.15, 0.2) is 24.3 Å². The van der Waals surface area contributed by atoms with Gasteiger partial charge in [-0.1, -0.05) is 42.3 Å². The predicted molar refractivity (Wildman–Crippen MR) is 111 cm³/mol. The summed E-state index contributed by atoms with van der Waals surface area (Å²) in [5.41, 5.74) is 8.55. The van der Waals surface area contributed by atoms with Crippen molar-refractivity contribution in [1.29, 1.82) is 0 Å². The maximum Gasteiger partial charge on any atom is -0.000358 e. The molecule has 0 unspecified atom stereocenters. The van der Waals surface area contributed by atoms with Crippen LogP contribution in [0.1, 0.15) is 40.3 Å². The molecule has 0 bridgehead atoms. The molecule has 0 spiro atoms. The van der Waals surface area contributed by atoms with Crippen molar-refractivity contribution in [3.8, 4) is 0 Å². The number of nitrogens with one attached hydrogen (secondary N) is 1. The molecule has 0 radical (unpaired) electrons. The number of hydrogen-bond donors (Lipinski definition) is 1. The van der Waals surface area contributed by atoms with Crippen LogP contribution in [0.2, 0.25) is 0 Å². The molecule has 0 aliphatic rings. The molecular weight excluding hydrogens is 309 g/mol. The van der Waals surface area contributed by atoms with Gasteiger partial charge in [-0.15, -0.1) is 0 Å². The van der Waals surface area contributed by atoms with E-state index in [0.29, 0.717) is 0 Å². The van der Waals surface area contributed by atoms with Crippen molar-refractivity contribution >= 4 is 18.5 Å². The number of rotatable bonds is 6. The van der Waals surface area contributed by atoms with Crippen molar-refractivity contribution in [2.24, 2.45) is 0 Å². The highest BCUT2D eigenvalue weighted by molar-refractivity contribution is 7.73. The van der Waals surface area contributed by atoms with Crippen LogP contribution in [0.4, 0.5) is 0 Å². The summed E-state index contributed by atoms with van der Waals surface area (Å²) in [6, 6.07) is 9.40. The molecule has 0 aromatic heterocycles. The molecule has 0 aliphatic heterocycles. The van der Waals surface area contributed by atoms with Gasteiger partial charge in [-0.2, -0.15) is 0 Å². The molecule has 130 valence electrons. The average Bonchev–Trinajstić information content (AvgIpc) is 2.44. The van der Waals surface area contributed by atoms with Gasteiger partial charge in [0.15, 0.2) is 0 Å². The number of aryl methyl sites for hydroxylation is 6. The quantitative estimate of drug-likeness (QED) is 0.599. The largest absolute Gasteiger partial charge is 0.317 e. The van der Waals surface area contributed by atoms with E-state index >= 15 is 0 Å². The first-order valence-corrected chi connectivity index (χ1v) is 10.5. The third-order valence-corrected chi connectivity index (χ3v) is 7.73. The summed E-state index contributed by atoms with van der Waals surface area (Å²) in [6.45, 7) is 17.9. The first-order chi connectivity index (χ1) is 11.3. The molecule has 0 fully saturated rings. The molecule has 1 nitrogen and oxygen atoms in total. The van der Waals surface area contributed by atoms with Crippen molar-refractivity contribution in [3.63, 3.8) is 0 Å². The van der Waals surface area contributed by atoms with E-state index in [1.807, 2.05) is 0 Å². The van der Waals surface area contributed by atoms with Crippen LogP contribution in [-0.2, 0) is 0 Å². The van der Waals surface area contributed by atoms with Crippen molar-refractivity contribution in [3.05, 3.63) is 57.6 Å². The van der Waals surface area contributed by atoms with Crippen molar-refractivity contribution in [2.45, 2.75) is 48.5 Å². The zero-order valence-electron chi connectivity index (χ0n) is 16.4. The maximum atomic E-state index is 3.54. The zero-order valence-corrected chi connectivity index (χ0v) is 17.3. The summed E-state index contributed by atoms with van der Waals surface area (Å²) in [7, 11) is -0.333. The second kappa shape index (κ2) is 8.28. The van der Waals surface area contributed by atoms with E-state index in [1.54, 1.807) is 10.6 Å². The van der Waals surface area contributed by atoms with Gasteiger partial charge in [0.05, 0.1) is 0 Å². The Morgan fingerprint density at radius 3 is 1.42 bits per heavy atom. The summed E-state index contributed by atoms with van der Waals surface area (Å²) in [6.07, 6.45) is 1.21. The molecule has 0 amide bonds. The minimum Gasteiger partial charge on any atom is -0.317 e. The predicted octanol–water partition coefficient (Wildman–Crippen LogP) is 4.58. The highest BCUT2D eigenvalue weighted by Crippen LogP contribution is 2.38. The Balaban J connectivity index is 2.58.